The fourth-order valence-corrected chi connectivity index (χ4v) is 2.84. The Kier molecular flexibility index (Phi) is 10.5. The predicted octanol–water partition coefficient (Wildman–Crippen LogP) is 4.67. The number of nitrogens with one attached hydrogen (secondary N) is 1. The molecule has 1 N–H and O–H groups in total. The second-order valence-electron chi connectivity index (χ2n) is 6.16. The topological polar surface area (TPSA) is 21.3 Å². The Morgan fingerprint density at radius 3 is 1.89 bits per heavy atom. The van der Waals surface area contributed by atoms with Gasteiger partial charge in [0.2, 0.25) is 0 Å². The van der Waals surface area contributed by atoms with Gasteiger partial charge < -0.3 is 10.1 Å². The highest BCUT2D eigenvalue weighted by Gasteiger charge is 2.27. The quantitative estimate of drug-likeness (QED) is 0.490. The second kappa shape index (κ2) is 11.7. The van der Waals surface area contributed by atoms with E-state index in [1.807, 2.05) is 7.11 Å². The summed E-state index contributed by atoms with van der Waals surface area (Å²) in [6.45, 7) is 3.49. The number of ether oxygens (including phenoxy) is 1. The smallest absolute Gasteiger partial charge is 0.0601 e. The van der Waals surface area contributed by atoms with Crippen LogP contribution in [0.3, 0.4) is 0 Å². The van der Waals surface area contributed by atoms with Crippen molar-refractivity contribution in [2.24, 2.45) is 0 Å². The summed E-state index contributed by atoms with van der Waals surface area (Å²) in [4.78, 5) is 0. The molecule has 0 bridgehead atoms. The number of hydrogen-bond donors (Lipinski definition) is 1. The number of hydrogen-bond acceptors (Lipinski definition) is 2. The summed E-state index contributed by atoms with van der Waals surface area (Å²) in [7, 11) is 1.82. The monoisotopic (exact) mass is 269 g/mol. The highest BCUT2D eigenvalue weighted by atomic mass is 16.5. The molecule has 0 unspecified atom stereocenters. The average molecular weight is 269 g/mol. The molecule has 0 saturated heterocycles. The molecule has 0 heterocycles. The first-order chi connectivity index (χ1) is 9.36. The number of methoxy groups -OCH3 is 1. The Balaban J connectivity index is 1.68. The van der Waals surface area contributed by atoms with E-state index in [0.717, 1.165) is 6.04 Å². The van der Waals surface area contributed by atoms with E-state index in [1.165, 1.54) is 83.6 Å². The van der Waals surface area contributed by atoms with E-state index in [2.05, 4.69) is 12.2 Å². The fraction of sp³-hybridized carbons (Fsp3) is 1.00. The van der Waals surface area contributed by atoms with Crippen LogP contribution in [0.2, 0.25) is 0 Å². The zero-order valence-electron chi connectivity index (χ0n) is 13.3. The summed E-state index contributed by atoms with van der Waals surface area (Å²) in [6.07, 6.45) is 17.2. The van der Waals surface area contributed by atoms with Gasteiger partial charge in [0.15, 0.2) is 0 Å². The first-order valence-corrected chi connectivity index (χ1v) is 8.63. The van der Waals surface area contributed by atoms with Crippen LogP contribution in [0, 0.1) is 0 Å². The van der Waals surface area contributed by atoms with Crippen molar-refractivity contribution in [1.29, 1.82) is 0 Å². The van der Waals surface area contributed by atoms with Crippen LogP contribution in [0.15, 0.2) is 0 Å². The van der Waals surface area contributed by atoms with Gasteiger partial charge in [0, 0.05) is 13.2 Å². The van der Waals surface area contributed by atoms with E-state index in [-0.39, 0.29) is 0 Å². The molecule has 0 aromatic rings. The molecule has 0 spiro atoms. The molecular weight excluding hydrogens is 234 g/mol. The molecule has 2 nitrogen and oxygen atoms in total. The summed E-state index contributed by atoms with van der Waals surface area (Å²) in [5.41, 5.74) is 0. The Bertz CT molecular complexity index is 190. The molecule has 2 heteroatoms. The normalized spacial score (nSPS) is 22.4. The molecule has 1 fully saturated rings. The SMILES string of the molecule is CCCCCCCCCCCCNC1CC(OC)C1. The van der Waals surface area contributed by atoms with Crippen molar-refractivity contribution >= 4 is 0 Å². The Morgan fingerprint density at radius 2 is 1.37 bits per heavy atom. The lowest BCUT2D eigenvalue weighted by atomic mass is 9.89. The first kappa shape index (κ1) is 17.0. The fourth-order valence-electron chi connectivity index (χ4n) is 2.84. The van der Waals surface area contributed by atoms with Gasteiger partial charge >= 0.3 is 0 Å². The molecule has 0 radical (unpaired) electrons. The standard InChI is InChI=1S/C17H35NO/c1-3-4-5-6-7-8-9-10-11-12-13-18-16-14-17(15-16)19-2/h16-18H,3-15H2,1-2H3. The van der Waals surface area contributed by atoms with Crippen LogP contribution in [0.4, 0.5) is 0 Å². The van der Waals surface area contributed by atoms with Crippen LogP contribution >= 0.6 is 0 Å². The third kappa shape index (κ3) is 8.65. The van der Waals surface area contributed by atoms with Crippen LogP contribution in [-0.4, -0.2) is 25.8 Å². The second-order valence-corrected chi connectivity index (χ2v) is 6.16. The zero-order valence-corrected chi connectivity index (χ0v) is 13.3. The van der Waals surface area contributed by atoms with Crippen LogP contribution < -0.4 is 5.32 Å². The highest BCUT2D eigenvalue weighted by molar-refractivity contribution is 4.85. The molecule has 0 aromatic heterocycles. The van der Waals surface area contributed by atoms with Gasteiger partial charge in [-0.2, -0.15) is 0 Å². The lowest BCUT2D eigenvalue weighted by Crippen LogP contribution is -2.45. The summed E-state index contributed by atoms with van der Waals surface area (Å²) in [5.74, 6) is 0. The van der Waals surface area contributed by atoms with Crippen LogP contribution in [0.5, 0.6) is 0 Å². The van der Waals surface area contributed by atoms with Crippen molar-refractivity contribution < 1.29 is 4.74 Å². The number of rotatable bonds is 13. The first-order valence-electron chi connectivity index (χ1n) is 8.63. The third-order valence-electron chi connectivity index (χ3n) is 4.39. The maximum absolute atomic E-state index is 5.28. The van der Waals surface area contributed by atoms with Crippen LogP contribution in [0.25, 0.3) is 0 Å². The largest absolute Gasteiger partial charge is 0.381 e. The zero-order chi connectivity index (χ0) is 13.8. The third-order valence-corrected chi connectivity index (χ3v) is 4.39. The summed E-state index contributed by atoms with van der Waals surface area (Å²) >= 11 is 0. The van der Waals surface area contributed by atoms with Crippen molar-refractivity contribution in [3.05, 3.63) is 0 Å². The molecule has 114 valence electrons. The van der Waals surface area contributed by atoms with E-state index < -0.39 is 0 Å². The Morgan fingerprint density at radius 1 is 0.842 bits per heavy atom. The summed E-state index contributed by atoms with van der Waals surface area (Å²) in [5, 5.41) is 3.63. The molecule has 1 aliphatic rings. The van der Waals surface area contributed by atoms with E-state index in [4.69, 9.17) is 4.74 Å². The minimum Gasteiger partial charge on any atom is -0.381 e. The lowest BCUT2D eigenvalue weighted by molar-refractivity contribution is 0.0175. The maximum atomic E-state index is 5.28. The Hall–Kier alpha value is -0.0800. The van der Waals surface area contributed by atoms with Crippen molar-refractivity contribution in [1.82, 2.24) is 5.32 Å². The van der Waals surface area contributed by atoms with Crippen LogP contribution in [0.1, 0.15) is 84.0 Å². The highest BCUT2D eigenvalue weighted by Crippen LogP contribution is 2.22. The lowest BCUT2D eigenvalue weighted by Gasteiger charge is -2.34. The molecule has 0 aromatic carbocycles. The van der Waals surface area contributed by atoms with Crippen LogP contribution in [-0.2, 0) is 4.74 Å². The van der Waals surface area contributed by atoms with Gasteiger partial charge in [-0.05, 0) is 25.8 Å². The van der Waals surface area contributed by atoms with Crippen molar-refractivity contribution in [2.45, 2.75) is 96.1 Å². The molecule has 0 atom stereocenters. The molecule has 1 rings (SSSR count). The molecule has 19 heavy (non-hydrogen) atoms. The van der Waals surface area contributed by atoms with E-state index in [0.29, 0.717) is 6.10 Å². The number of unbranched alkanes of at least 4 members (excludes halogenated alkanes) is 9. The van der Waals surface area contributed by atoms with Crippen molar-refractivity contribution in [3.63, 3.8) is 0 Å². The van der Waals surface area contributed by atoms with Gasteiger partial charge in [-0.3, -0.25) is 0 Å². The maximum Gasteiger partial charge on any atom is 0.0601 e. The molecular formula is C17H35NO. The average Bonchev–Trinajstić information content (AvgIpc) is 2.38. The van der Waals surface area contributed by atoms with Gasteiger partial charge in [0.25, 0.3) is 0 Å². The molecule has 1 saturated carbocycles. The Labute approximate surface area is 120 Å². The van der Waals surface area contributed by atoms with Crippen molar-refractivity contribution in [3.8, 4) is 0 Å². The minimum atomic E-state index is 0.533. The molecule has 0 aliphatic heterocycles. The van der Waals surface area contributed by atoms with E-state index >= 15 is 0 Å². The van der Waals surface area contributed by atoms with Gasteiger partial charge in [-0.15, -0.1) is 0 Å². The summed E-state index contributed by atoms with van der Waals surface area (Å²) < 4.78 is 5.28. The van der Waals surface area contributed by atoms with Crippen molar-refractivity contribution in [2.75, 3.05) is 13.7 Å². The van der Waals surface area contributed by atoms with E-state index in [1.54, 1.807) is 0 Å². The molecule has 0 amide bonds. The van der Waals surface area contributed by atoms with Gasteiger partial charge in [-0.25, -0.2) is 0 Å². The van der Waals surface area contributed by atoms with Gasteiger partial charge in [-0.1, -0.05) is 64.7 Å². The van der Waals surface area contributed by atoms with Gasteiger partial charge in [0.1, 0.15) is 0 Å². The minimum absolute atomic E-state index is 0.533. The predicted molar refractivity (Wildman–Crippen MR) is 83.7 cm³/mol. The van der Waals surface area contributed by atoms with E-state index in [9.17, 15) is 0 Å². The summed E-state index contributed by atoms with van der Waals surface area (Å²) in [6, 6.07) is 0.739. The molecule has 1 aliphatic carbocycles. The van der Waals surface area contributed by atoms with Gasteiger partial charge in [0.05, 0.1) is 6.10 Å².